The van der Waals surface area contributed by atoms with E-state index in [1.54, 1.807) is 49.6 Å². The molecule has 9 nitrogen and oxygen atoms in total. The van der Waals surface area contributed by atoms with Crippen molar-refractivity contribution in [3.05, 3.63) is 95.1 Å². The number of anilines is 1. The van der Waals surface area contributed by atoms with Crippen LogP contribution in [0.3, 0.4) is 0 Å². The topological polar surface area (TPSA) is 111 Å². The van der Waals surface area contributed by atoms with Crippen molar-refractivity contribution in [1.29, 1.82) is 0 Å². The van der Waals surface area contributed by atoms with Gasteiger partial charge in [-0.25, -0.2) is 0 Å². The summed E-state index contributed by atoms with van der Waals surface area (Å²) in [6.45, 7) is 0.795. The smallest absolute Gasteiger partial charge is 0.301 e. The van der Waals surface area contributed by atoms with E-state index in [-0.39, 0.29) is 16.5 Å². The van der Waals surface area contributed by atoms with Crippen LogP contribution < -0.4 is 19.1 Å². The zero-order valence-corrected chi connectivity index (χ0v) is 22.9. The zero-order chi connectivity index (χ0) is 27.6. The SMILES string of the molecule is COc1ccc(C2/C(=C(\O)c3ccc4c(c3)OCCO4)C(=O)C(=O)N2c2nnc(SCc3ccccc3)s2)cc1. The first-order chi connectivity index (χ1) is 19.5. The third kappa shape index (κ3) is 4.89. The summed E-state index contributed by atoms with van der Waals surface area (Å²) in [7, 11) is 1.55. The number of hydrogen-bond acceptors (Lipinski definition) is 10. The Balaban J connectivity index is 1.40. The maximum atomic E-state index is 13.5. The highest BCUT2D eigenvalue weighted by molar-refractivity contribution is 8.00. The molecule has 0 radical (unpaired) electrons. The van der Waals surface area contributed by atoms with Crippen LogP contribution in [-0.4, -0.2) is 47.3 Å². The van der Waals surface area contributed by atoms with Gasteiger partial charge in [0.25, 0.3) is 5.78 Å². The number of benzene rings is 3. The lowest BCUT2D eigenvalue weighted by atomic mass is 9.95. The number of aliphatic hydroxyl groups excluding tert-OH is 1. The minimum atomic E-state index is -0.931. The predicted octanol–water partition coefficient (Wildman–Crippen LogP) is 5.24. The van der Waals surface area contributed by atoms with Crippen LogP contribution in [0.4, 0.5) is 5.13 Å². The molecule has 202 valence electrons. The summed E-state index contributed by atoms with van der Waals surface area (Å²) in [5, 5.41) is 20.2. The van der Waals surface area contributed by atoms with Crippen LogP contribution in [0.2, 0.25) is 0 Å². The standard InChI is InChI=1S/C29H23N3O6S2/c1-36-20-10-7-18(8-11-20)24-23(25(33)19-9-12-21-22(15-19)38-14-13-37-21)26(34)27(35)32(24)28-30-31-29(40-28)39-16-17-5-3-2-4-6-17/h2-12,15,24,33H,13-14,16H2,1H3/b25-23+. The van der Waals surface area contributed by atoms with E-state index in [1.165, 1.54) is 28.0 Å². The molecular formula is C29H23N3O6S2. The molecule has 3 heterocycles. The molecule has 1 N–H and O–H groups in total. The van der Waals surface area contributed by atoms with Gasteiger partial charge in [0, 0.05) is 11.3 Å². The summed E-state index contributed by atoms with van der Waals surface area (Å²) in [4.78, 5) is 28.3. The molecule has 11 heteroatoms. The number of hydrogen-bond donors (Lipinski definition) is 1. The monoisotopic (exact) mass is 573 g/mol. The molecule has 1 unspecified atom stereocenters. The molecular weight excluding hydrogens is 550 g/mol. The summed E-state index contributed by atoms with van der Waals surface area (Å²) in [5.74, 6) is 0.363. The van der Waals surface area contributed by atoms with Gasteiger partial charge in [0.15, 0.2) is 15.8 Å². The average molecular weight is 574 g/mol. The Bertz CT molecular complexity index is 1600. The van der Waals surface area contributed by atoms with E-state index in [9.17, 15) is 14.7 Å². The van der Waals surface area contributed by atoms with E-state index in [0.29, 0.717) is 51.7 Å². The highest BCUT2D eigenvalue weighted by Gasteiger charge is 2.48. The molecule has 2 aliphatic rings. The molecule has 6 rings (SSSR count). The van der Waals surface area contributed by atoms with Gasteiger partial charge in [0.05, 0.1) is 18.7 Å². The molecule has 1 aromatic heterocycles. The van der Waals surface area contributed by atoms with Crippen LogP contribution >= 0.6 is 23.1 Å². The number of Topliss-reactive ketones (excluding diaryl/α,β-unsaturated/α-hetero) is 1. The van der Waals surface area contributed by atoms with Crippen molar-refractivity contribution in [1.82, 2.24) is 10.2 Å². The lowest BCUT2D eigenvalue weighted by molar-refractivity contribution is -0.132. The third-order valence-electron chi connectivity index (χ3n) is 6.50. The van der Waals surface area contributed by atoms with Crippen molar-refractivity contribution in [2.24, 2.45) is 0 Å². The molecule has 40 heavy (non-hydrogen) atoms. The molecule has 1 atom stereocenters. The largest absolute Gasteiger partial charge is 0.507 e. The number of fused-ring (bicyclic) bond motifs is 1. The molecule has 0 saturated carbocycles. The first-order valence-corrected chi connectivity index (χ1v) is 14.2. The Labute approximate surface area is 238 Å². The van der Waals surface area contributed by atoms with Crippen molar-refractivity contribution >= 4 is 45.7 Å². The van der Waals surface area contributed by atoms with Gasteiger partial charge in [-0.1, -0.05) is 65.6 Å². The van der Waals surface area contributed by atoms with E-state index in [0.717, 1.165) is 5.56 Å². The number of rotatable bonds is 7. The quantitative estimate of drug-likeness (QED) is 0.104. The Hall–Kier alpha value is -4.35. The summed E-state index contributed by atoms with van der Waals surface area (Å²) < 4.78 is 17.2. The molecule has 0 bridgehead atoms. The van der Waals surface area contributed by atoms with Gasteiger partial charge < -0.3 is 19.3 Å². The number of nitrogens with zero attached hydrogens (tertiary/aromatic N) is 3. The van der Waals surface area contributed by atoms with Crippen molar-refractivity contribution in [3.8, 4) is 17.2 Å². The van der Waals surface area contributed by atoms with E-state index in [4.69, 9.17) is 14.2 Å². The molecule has 4 aromatic rings. The van der Waals surface area contributed by atoms with Crippen LogP contribution in [0.5, 0.6) is 17.2 Å². The van der Waals surface area contributed by atoms with Gasteiger partial charge in [-0.05, 0) is 41.5 Å². The maximum absolute atomic E-state index is 13.5. The molecule has 1 fully saturated rings. The Kier molecular flexibility index (Phi) is 7.14. The molecule has 3 aromatic carbocycles. The van der Waals surface area contributed by atoms with Gasteiger partial charge in [0.1, 0.15) is 24.7 Å². The number of ether oxygens (including phenoxy) is 3. The highest BCUT2D eigenvalue weighted by Crippen LogP contribution is 2.45. The number of thioether (sulfide) groups is 1. The second kappa shape index (κ2) is 11.0. The Morgan fingerprint density at radius 1 is 1.02 bits per heavy atom. The number of ketones is 1. The van der Waals surface area contributed by atoms with Crippen molar-refractivity contribution in [2.45, 2.75) is 16.1 Å². The molecule has 1 saturated heterocycles. The van der Waals surface area contributed by atoms with Crippen LogP contribution in [0.25, 0.3) is 5.76 Å². The van der Waals surface area contributed by atoms with Gasteiger partial charge in [-0.15, -0.1) is 10.2 Å². The van der Waals surface area contributed by atoms with Gasteiger partial charge in [-0.2, -0.15) is 0 Å². The van der Waals surface area contributed by atoms with Crippen LogP contribution in [0, 0.1) is 0 Å². The Morgan fingerprint density at radius 3 is 2.52 bits per heavy atom. The van der Waals surface area contributed by atoms with Crippen LogP contribution in [0.1, 0.15) is 22.7 Å². The number of carbonyl (C=O) groups excluding carboxylic acids is 2. The number of methoxy groups -OCH3 is 1. The summed E-state index contributed by atoms with van der Waals surface area (Å²) in [5.41, 5.74) is 2.01. The van der Waals surface area contributed by atoms with Gasteiger partial charge in [0.2, 0.25) is 5.13 Å². The molecule has 1 amide bonds. The van der Waals surface area contributed by atoms with E-state index in [1.807, 2.05) is 30.3 Å². The fourth-order valence-corrected chi connectivity index (χ4v) is 6.38. The van der Waals surface area contributed by atoms with Gasteiger partial charge in [-0.3, -0.25) is 14.5 Å². The summed E-state index contributed by atoms with van der Waals surface area (Å²) in [6.07, 6.45) is 0. The van der Waals surface area contributed by atoms with E-state index < -0.39 is 17.7 Å². The summed E-state index contributed by atoms with van der Waals surface area (Å²) in [6, 6.07) is 20.9. The van der Waals surface area contributed by atoms with Crippen LogP contribution in [-0.2, 0) is 15.3 Å². The number of carbonyl (C=O) groups is 2. The number of aliphatic hydroxyl groups is 1. The second-order valence-electron chi connectivity index (χ2n) is 8.93. The third-order valence-corrected chi connectivity index (χ3v) is 8.63. The number of aromatic nitrogens is 2. The lowest BCUT2D eigenvalue weighted by Gasteiger charge is -2.23. The molecule has 0 spiro atoms. The second-order valence-corrected chi connectivity index (χ2v) is 11.1. The van der Waals surface area contributed by atoms with Gasteiger partial charge >= 0.3 is 5.91 Å². The van der Waals surface area contributed by atoms with Crippen molar-refractivity contribution in [3.63, 3.8) is 0 Å². The van der Waals surface area contributed by atoms with E-state index in [2.05, 4.69) is 10.2 Å². The fourth-order valence-electron chi connectivity index (χ4n) is 4.56. The average Bonchev–Trinajstić information content (AvgIpc) is 3.57. The molecule has 2 aliphatic heterocycles. The minimum Gasteiger partial charge on any atom is -0.507 e. The van der Waals surface area contributed by atoms with Crippen molar-refractivity contribution < 1.29 is 28.9 Å². The minimum absolute atomic E-state index is 0.0551. The Morgan fingerprint density at radius 2 is 1.77 bits per heavy atom. The first kappa shape index (κ1) is 25.9. The fraction of sp³-hybridized carbons (Fsp3) is 0.172. The normalized spacial score (nSPS) is 17.7. The summed E-state index contributed by atoms with van der Waals surface area (Å²) >= 11 is 2.71. The predicted molar refractivity (Wildman–Crippen MR) is 151 cm³/mol. The maximum Gasteiger partial charge on any atom is 0.301 e. The number of amides is 1. The first-order valence-electron chi connectivity index (χ1n) is 12.4. The van der Waals surface area contributed by atoms with Crippen LogP contribution in [0.15, 0.2) is 82.7 Å². The highest BCUT2D eigenvalue weighted by atomic mass is 32.2. The zero-order valence-electron chi connectivity index (χ0n) is 21.3. The molecule has 0 aliphatic carbocycles. The van der Waals surface area contributed by atoms with Crippen molar-refractivity contribution in [2.75, 3.05) is 25.2 Å². The lowest BCUT2D eigenvalue weighted by Crippen LogP contribution is -2.29. The van der Waals surface area contributed by atoms with E-state index >= 15 is 0 Å².